The standard InChI is InChI=1S/C18H18N2O2/c19-12-10-18(21)20-14-16-6-8-17(9-7-16)22-13-11-15-4-2-1-3-5-15/h1-9H,10-11,13-14H2,(H,20,21). The van der Waals surface area contributed by atoms with Crippen LogP contribution in [0.1, 0.15) is 17.5 Å². The summed E-state index contributed by atoms with van der Waals surface area (Å²) in [7, 11) is 0. The Morgan fingerprint density at radius 1 is 1.05 bits per heavy atom. The summed E-state index contributed by atoms with van der Waals surface area (Å²) >= 11 is 0. The van der Waals surface area contributed by atoms with Crippen LogP contribution in [0.15, 0.2) is 54.6 Å². The van der Waals surface area contributed by atoms with Gasteiger partial charge in [0.25, 0.3) is 0 Å². The van der Waals surface area contributed by atoms with Gasteiger partial charge in [-0.25, -0.2) is 0 Å². The van der Waals surface area contributed by atoms with Gasteiger partial charge in [-0.2, -0.15) is 5.26 Å². The van der Waals surface area contributed by atoms with Crippen molar-refractivity contribution in [1.29, 1.82) is 5.26 Å². The number of hydrogen-bond donors (Lipinski definition) is 1. The minimum absolute atomic E-state index is 0.110. The highest BCUT2D eigenvalue weighted by Crippen LogP contribution is 2.12. The van der Waals surface area contributed by atoms with Crippen LogP contribution in [0.4, 0.5) is 0 Å². The molecule has 1 amide bonds. The summed E-state index contributed by atoms with van der Waals surface area (Å²) in [6.07, 6.45) is 0.757. The number of carbonyl (C=O) groups is 1. The molecule has 0 aliphatic carbocycles. The van der Waals surface area contributed by atoms with Crippen LogP contribution in [0.2, 0.25) is 0 Å². The van der Waals surface area contributed by atoms with E-state index in [0.717, 1.165) is 17.7 Å². The number of hydrogen-bond acceptors (Lipinski definition) is 3. The number of nitrogens with zero attached hydrogens (tertiary/aromatic N) is 1. The Hall–Kier alpha value is -2.80. The maximum absolute atomic E-state index is 11.2. The molecule has 0 aromatic heterocycles. The highest BCUT2D eigenvalue weighted by molar-refractivity contribution is 5.77. The fourth-order valence-corrected chi connectivity index (χ4v) is 1.97. The molecule has 4 nitrogen and oxygen atoms in total. The monoisotopic (exact) mass is 294 g/mol. The van der Waals surface area contributed by atoms with Crippen LogP contribution in [0, 0.1) is 11.3 Å². The molecule has 0 radical (unpaired) electrons. The van der Waals surface area contributed by atoms with Crippen molar-refractivity contribution in [3.05, 3.63) is 65.7 Å². The van der Waals surface area contributed by atoms with Crippen molar-refractivity contribution >= 4 is 5.91 Å². The zero-order valence-corrected chi connectivity index (χ0v) is 12.3. The van der Waals surface area contributed by atoms with Gasteiger partial charge in [0.2, 0.25) is 5.91 Å². The van der Waals surface area contributed by atoms with Gasteiger partial charge in [-0.15, -0.1) is 0 Å². The van der Waals surface area contributed by atoms with Gasteiger partial charge < -0.3 is 10.1 Å². The molecular formula is C18H18N2O2. The summed E-state index contributed by atoms with van der Waals surface area (Å²) in [6.45, 7) is 1.05. The van der Waals surface area contributed by atoms with Crippen molar-refractivity contribution in [3.8, 4) is 11.8 Å². The van der Waals surface area contributed by atoms with Gasteiger partial charge in [0.1, 0.15) is 12.2 Å². The summed E-state index contributed by atoms with van der Waals surface area (Å²) in [6, 6.07) is 19.6. The Kier molecular flexibility index (Phi) is 6.01. The summed E-state index contributed by atoms with van der Waals surface area (Å²) in [5, 5.41) is 11.1. The molecule has 0 aliphatic rings. The Bertz CT molecular complexity index is 630. The molecule has 0 spiro atoms. The third-order valence-corrected chi connectivity index (χ3v) is 3.15. The summed E-state index contributed by atoms with van der Waals surface area (Å²) in [5.74, 6) is 0.550. The van der Waals surface area contributed by atoms with E-state index in [1.165, 1.54) is 5.56 Å². The molecule has 0 fully saturated rings. The first-order chi connectivity index (χ1) is 10.8. The lowest BCUT2D eigenvalue weighted by Crippen LogP contribution is -2.21. The fourth-order valence-electron chi connectivity index (χ4n) is 1.97. The average molecular weight is 294 g/mol. The predicted octanol–water partition coefficient (Wildman–Crippen LogP) is 2.84. The molecule has 22 heavy (non-hydrogen) atoms. The van der Waals surface area contributed by atoms with E-state index in [4.69, 9.17) is 10.00 Å². The van der Waals surface area contributed by atoms with Gasteiger partial charge in [-0.05, 0) is 23.3 Å². The second-order valence-corrected chi connectivity index (χ2v) is 4.84. The van der Waals surface area contributed by atoms with E-state index in [0.29, 0.717) is 13.2 Å². The van der Waals surface area contributed by atoms with Crippen molar-refractivity contribution in [1.82, 2.24) is 5.32 Å². The number of benzene rings is 2. The third kappa shape index (κ3) is 5.29. The molecular weight excluding hydrogens is 276 g/mol. The first kappa shape index (κ1) is 15.6. The van der Waals surface area contributed by atoms with Crippen LogP contribution >= 0.6 is 0 Å². The first-order valence-electron chi connectivity index (χ1n) is 7.17. The lowest BCUT2D eigenvalue weighted by molar-refractivity contribution is -0.120. The molecule has 0 heterocycles. The van der Waals surface area contributed by atoms with E-state index < -0.39 is 0 Å². The smallest absolute Gasteiger partial charge is 0.234 e. The lowest BCUT2D eigenvalue weighted by Gasteiger charge is -2.08. The molecule has 2 aromatic carbocycles. The molecule has 1 N–H and O–H groups in total. The normalized spacial score (nSPS) is 9.77. The van der Waals surface area contributed by atoms with E-state index in [-0.39, 0.29) is 12.3 Å². The van der Waals surface area contributed by atoms with Gasteiger partial charge in [-0.3, -0.25) is 4.79 Å². The van der Waals surface area contributed by atoms with Gasteiger partial charge >= 0.3 is 0 Å². The molecule has 0 saturated carbocycles. The molecule has 112 valence electrons. The van der Waals surface area contributed by atoms with E-state index in [1.807, 2.05) is 48.5 Å². The highest BCUT2D eigenvalue weighted by Gasteiger charge is 2.00. The second kappa shape index (κ2) is 8.48. The van der Waals surface area contributed by atoms with Crippen LogP contribution in [0.5, 0.6) is 5.75 Å². The fraction of sp³-hybridized carbons (Fsp3) is 0.222. The summed E-state index contributed by atoms with van der Waals surface area (Å²) in [4.78, 5) is 11.2. The van der Waals surface area contributed by atoms with Gasteiger partial charge in [0, 0.05) is 13.0 Å². The van der Waals surface area contributed by atoms with E-state index >= 15 is 0 Å². The molecule has 2 rings (SSSR count). The van der Waals surface area contributed by atoms with Gasteiger partial charge in [0.15, 0.2) is 0 Å². The Labute approximate surface area is 130 Å². The van der Waals surface area contributed by atoms with Crippen LogP contribution in [-0.4, -0.2) is 12.5 Å². The first-order valence-corrected chi connectivity index (χ1v) is 7.17. The van der Waals surface area contributed by atoms with E-state index in [1.54, 1.807) is 0 Å². The van der Waals surface area contributed by atoms with E-state index in [9.17, 15) is 4.79 Å². The van der Waals surface area contributed by atoms with Crippen LogP contribution in [0.3, 0.4) is 0 Å². The predicted molar refractivity (Wildman–Crippen MR) is 84.2 cm³/mol. The zero-order valence-electron chi connectivity index (χ0n) is 12.3. The average Bonchev–Trinajstić information content (AvgIpc) is 2.55. The number of carbonyl (C=O) groups excluding carboxylic acids is 1. The van der Waals surface area contributed by atoms with Crippen molar-refractivity contribution in [3.63, 3.8) is 0 Å². The maximum Gasteiger partial charge on any atom is 0.234 e. The van der Waals surface area contributed by atoms with Gasteiger partial charge in [-0.1, -0.05) is 42.5 Å². The molecule has 4 heteroatoms. The van der Waals surface area contributed by atoms with E-state index in [2.05, 4.69) is 17.4 Å². The van der Waals surface area contributed by atoms with Crippen molar-refractivity contribution < 1.29 is 9.53 Å². The SMILES string of the molecule is N#CCC(=O)NCc1ccc(OCCc2ccccc2)cc1. The number of nitriles is 1. The highest BCUT2D eigenvalue weighted by atomic mass is 16.5. The van der Waals surface area contributed by atoms with Crippen molar-refractivity contribution in [2.24, 2.45) is 0 Å². The van der Waals surface area contributed by atoms with Crippen molar-refractivity contribution in [2.75, 3.05) is 6.61 Å². The maximum atomic E-state index is 11.2. The number of amides is 1. The topological polar surface area (TPSA) is 62.1 Å². The number of ether oxygens (including phenoxy) is 1. The Balaban J connectivity index is 1.75. The lowest BCUT2D eigenvalue weighted by atomic mass is 10.2. The summed E-state index contributed by atoms with van der Waals surface area (Å²) < 4.78 is 5.70. The molecule has 0 bridgehead atoms. The minimum atomic E-state index is -0.259. The largest absolute Gasteiger partial charge is 0.493 e. The van der Waals surface area contributed by atoms with Crippen LogP contribution in [-0.2, 0) is 17.8 Å². The second-order valence-electron chi connectivity index (χ2n) is 4.84. The third-order valence-electron chi connectivity index (χ3n) is 3.15. The van der Waals surface area contributed by atoms with Crippen LogP contribution in [0.25, 0.3) is 0 Å². The van der Waals surface area contributed by atoms with Crippen molar-refractivity contribution in [2.45, 2.75) is 19.4 Å². The molecule has 2 aromatic rings. The zero-order chi connectivity index (χ0) is 15.6. The minimum Gasteiger partial charge on any atom is -0.493 e. The Morgan fingerprint density at radius 3 is 2.45 bits per heavy atom. The number of rotatable bonds is 7. The van der Waals surface area contributed by atoms with Gasteiger partial charge in [0.05, 0.1) is 12.7 Å². The molecule has 0 unspecified atom stereocenters. The van der Waals surface area contributed by atoms with Crippen LogP contribution < -0.4 is 10.1 Å². The quantitative estimate of drug-likeness (QED) is 0.854. The molecule has 0 atom stereocenters. The summed E-state index contributed by atoms with van der Waals surface area (Å²) in [5.41, 5.74) is 2.22. The number of nitrogens with one attached hydrogen (secondary N) is 1. The molecule has 0 aliphatic heterocycles. The molecule has 0 saturated heterocycles. The Morgan fingerprint density at radius 2 is 1.77 bits per heavy atom.